The zero-order valence-electron chi connectivity index (χ0n) is 10.8. The Labute approximate surface area is 130 Å². The maximum Gasteiger partial charge on any atom is 0.320 e. The van der Waals surface area contributed by atoms with E-state index in [9.17, 15) is 0 Å². The molecule has 6 nitrogen and oxygen atoms in total. The predicted molar refractivity (Wildman–Crippen MR) is 80.3 cm³/mol. The third kappa shape index (κ3) is 4.45. The summed E-state index contributed by atoms with van der Waals surface area (Å²) in [6.45, 7) is 1.86. The van der Waals surface area contributed by atoms with Crippen molar-refractivity contribution in [3.05, 3.63) is 33.6 Å². The summed E-state index contributed by atoms with van der Waals surface area (Å²) in [6.07, 6.45) is 0. The van der Waals surface area contributed by atoms with Crippen LogP contribution in [-0.2, 0) is 11.3 Å². The predicted octanol–water partition coefficient (Wildman–Crippen LogP) is 2.97. The van der Waals surface area contributed by atoms with Crippen LogP contribution in [0.4, 0.5) is 11.7 Å². The lowest BCUT2D eigenvalue weighted by molar-refractivity contribution is 0.198. The van der Waals surface area contributed by atoms with Crippen LogP contribution in [0.2, 0.25) is 5.02 Å². The quantitative estimate of drug-likeness (QED) is 0.739. The maximum atomic E-state index is 5.88. The van der Waals surface area contributed by atoms with Crippen LogP contribution in [0.5, 0.6) is 0 Å². The zero-order chi connectivity index (χ0) is 14.4. The highest BCUT2D eigenvalue weighted by Gasteiger charge is 2.08. The van der Waals surface area contributed by atoms with E-state index < -0.39 is 0 Å². The second-order valence-corrected chi connectivity index (χ2v) is 5.21. The largest absolute Gasteiger partial charge is 0.406 e. The molecular formula is C12H14BrClN4O2. The van der Waals surface area contributed by atoms with E-state index in [4.69, 9.17) is 20.8 Å². The number of anilines is 2. The summed E-state index contributed by atoms with van der Waals surface area (Å²) in [5, 5.41) is 14.6. The van der Waals surface area contributed by atoms with Gasteiger partial charge in [-0.3, -0.25) is 0 Å². The lowest BCUT2D eigenvalue weighted by atomic mass is 10.3. The van der Waals surface area contributed by atoms with Crippen LogP contribution in [0, 0.1) is 0 Å². The van der Waals surface area contributed by atoms with E-state index in [0.717, 1.165) is 16.7 Å². The molecule has 2 rings (SSSR count). The van der Waals surface area contributed by atoms with Crippen molar-refractivity contribution in [2.45, 2.75) is 6.54 Å². The Morgan fingerprint density at radius 3 is 3.00 bits per heavy atom. The zero-order valence-corrected chi connectivity index (χ0v) is 13.2. The third-order valence-corrected chi connectivity index (χ3v) is 3.29. The number of ether oxygens (including phenoxy) is 1. The minimum absolute atomic E-state index is 0.330. The molecule has 0 aliphatic rings. The molecule has 0 aliphatic heterocycles. The van der Waals surface area contributed by atoms with Gasteiger partial charge in [0.25, 0.3) is 0 Å². The van der Waals surface area contributed by atoms with Gasteiger partial charge in [0.05, 0.1) is 18.8 Å². The molecule has 8 heteroatoms. The number of nitrogens with zero attached hydrogens (tertiary/aromatic N) is 2. The van der Waals surface area contributed by atoms with Gasteiger partial charge in [0.2, 0.25) is 5.89 Å². The lowest BCUT2D eigenvalue weighted by Crippen LogP contribution is -2.18. The van der Waals surface area contributed by atoms with Crippen LogP contribution in [0.3, 0.4) is 0 Å². The van der Waals surface area contributed by atoms with Crippen LogP contribution >= 0.6 is 27.5 Å². The molecule has 0 fully saturated rings. The van der Waals surface area contributed by atoms with Gasteiger partial charge in [-0.1, -0.05) is 16.7 Å². The molecule has 2 aromatic rings. The van der Waals surface area contributed by atoms with E-state index in [0.29, 0.717) is 30.1 Å². The number of rotatable bonds is 7. The van der Waals surface area contributed by atoms with Crippen LogP contribution in [0.1, 0.15) is 5.89 Å². The van der Waals surface area contributed by atoms with Crippen LogP contribution in [0.25, 0.3) is 0 Å². The first kappa shape index (κ1) is 15.2. The van der Waals surface area contributed by atoms with Crippen molar-refractivity contribution >= 4 is 39.2 Å². The van der Waals surface area contributed by atoms with E-state index in [-0.39, 0.29) is 0 Å². The van der Waals surface area contributed by atoms with Gasteiger partial charge < -0.3 is 19.8 Å². The summed E-state index contributed by atoms with van der Waals surface area (Å²) in [6, 6.07) is 5.72. The van der Waals surface area contributed by atoms with Gasteiger partial charge in [-0.05, 0) is 34.1 Å². The Hall–Kier alpha value is -1.15. The molecule has 0 amide bonds. The molecule has 2 N–H and O–H groups in total. The fourth-order valence-corrected chi connectivity index (χ4v) is 2.23. The number of halogens is 2. The number of aromatic nitrogens is 2. The number of hydrogen-bond donors (Lipinski definition) is 2. The molecule has 0 radical (unpaired) electrons. The van der Waals surface area contributed by atoms with Gasteiger partial charge in [0.15, 0.2) is 0 Å². The summed E-state index contributed by atoms with van der Waals surface area (Å²) in [7, 11) is 1.65. The normalized spacial score (nSPS) is 10.8. The highest BCUT2D eigenvalue weighted by Crippen LogP contribution is 2.28. The molecule has 0 saturated heterocycles. The number of hydrogen-bond acceptors (Lipinski definition) is 6. The number of methoxy groups -OCH3 is 1. The molecule has 0 unspecified atom stereocenters. The van der Waals surface area contributed by atoms with Crippen molar-refractivity contribution in [2.24, 2.45) is 0 Å². The van der Waals surface area contributed by atoms with Gasteiger partial charge in [0, 0.05) is 23.1 Å². The van der Waals surface area contributed by atoms with Crippen molar-refractivity contribution in [3.63, 3.8) is 0 Å². The molecule has 1 heterocycles. The lowest BCUT2D eigenvalue weighted by Gasteiger charge is -2.04. The molecule has 108 valence electrons. The topological polar surface area (TPSA) is 72.2 Å². The highest BCUT2D eigenvalue weighted by molar-refractivity contribution is 9.10. The minimum Gasteiger partial charge on any atom is -0.406 e. The molecule has 0 spiro atoms. The van der Waals surface area contributed by atoms with Crippen molar-refractivity contribution in [2.75, 3.05) is 25.6 Å². The Bertz CT molecular complexity index is 564. The van der Waals surface area contributed by atoms with Gasteiger partial charge >= 0.3 is 6.01 Å². The first-order chi connectivity index (χ1) is 9.69. The van der Waals surface area contributed by atoms with Crippen molar-refractivity contribution in [1.29, 1.82) is 0 Å². The first-order valence-corrected chi connectivity index (χ1v) is 7.10. The summed E-state index contributed by atoms with van der Waals surface area (Å²) >= 11 is 9.29. The first-order valence-electron chi connectivity index (χ1n) is 5.93. The Kier molecular flexibility index (Phi) is 5.78. The van der Waals surface area contributed by atoms with Gasteiger partial charge in [-0.15, -0.1) is 5.10 Å². The highest BCUT2D eigenvalue weighted by atomic mass is 79.9. The summed E-state index contributed by atoms with van der Waals surface area (Å²) in [4.78, 5) is 0. The Morgan fingerprint density at radius 2 is 2.25 bits per heavy atom. The summed E-state index contributed by atoms with van der Waals surface area (Å²) in [5.74, 6) is 0.508. The van der Waals surface area contributed by atoms with E-state index in [1.165, 1.54) is 0 Å². The molecule has 1 aromatic carbocycles. The van der Waals surface area contributed by atoms with E-state index >= 15 is 0 Å². The monoisotopic (exact) mass is 360 g/mol. The van der Waals surface area contributed by atoms with Crippen molar-refractivity contribution < 1.29 is 9.15 Å². The van der Waals surface area contributed by atoms with Gasteiger partial charge in [-0.2, -0.15) is 0 Å². The Balaban J connectivity index is 1.92. The SMILES string of the molecule is COCCNCc1nnc(Nc2ccc(Cl)cc2Br)o1. The average molecular weight is 362 g/mol. The van der Waals surface area contributed by atoms with Crippen molar-refractivity contribution in [3.8, 4) is 0 Å². The number of nitrogens with one attached hydrogen (secondary N) is 2. The second-order valence-electron chi connectivity index (χ2n) is 3.92. The van der Waals surface area contributed by atoms with Crippen molar-refractivity contribution in [1.82, 2.24) is 15.5 Å². The fourth-order valence-electron chi connectivity index (χ4n) is 1.45. The van der Waals surface area contributed by atoms with Gasteiger partial charge in [-0.25, -0.2) is 0 Å². The molecule has 0 atom stereocenters. The summed E-state index contributed by atoms with van der Waals surface area (Å²) < 4.78 is 11.2. The molecule has 0 aliphatic carbocycles. The maximum absolute atomic E-state index is 5.88. The molecule has 1 aromatic heterocycles. The third-order valence-electron chi connectivity index (χ3n) is 2.40. The molecular weight excluding hydrogens is 348 g/mol. The van der Waals surface area contributed by atoms with Crippen LogP contribution in [-0.4, -0.2) is 30.5 Å². The van der Waals surface area contributed by atoms with Crippen LogP contribution < -0.4 is 10.6 Å². The van der Waals surface area contributed by atoms with E-state index in [1.807, 2.05) is 6.07 Å². The van der Waals surface area contributed by atoms with E-state index in [2.05, 4.69) is 36.8 Å². The molecule has 0 bridgehead atoms. The standard InChI is InChI=1S/C12H14BrClN4O2/c1-19-5-4-15-7-11-17-18-12(20-11)16-10-3-2-8(14)6-9(10)13/h2-3,6,15H,4-5,7H2,1H3,(H,16,18). The number of benzene rings is 1. The average Bonchev–Trinajstić information content (AvgIpc) is 2.86. The van der Waals surface area contributed by atoms with E-state index in [1.54, 1.807) is 19.2 Å². The van der Waals surface area contributed by atoms with Gasteiger partial charge in [0.1, 0.15) is 0 Å². The minimum atomic E-state index is 0.330. The second kappa shape index (κ2) is 7.58. The fraction of sp³-hybridized carbons (Fsp3) is 0.333. The summed E-state index contributed by atoms with van der Waals surface area (Å²) in [5.41, 5.74) is 0.803. The molecule has 20 heavy (non-hydrogen) atoms. The smallest absolute Gasteiger partial charge is 0.320 e. The molecule has 0 saturated carbocycles. The van der Waals surface area contributed by atoms with Crippen LogP contribution in [0.15, 0.2) is 27.1 Å². The Morgan fingerprint density at radius 1 is 1.40 bits per heavy atom.